The molecule has 0 saturated carbocycles. The minimum atomic E-state index is -0.332. The van der Waals surface area contributed by atoms with Gasteiger partial charge in [0.05, 0.1) is 23.6 Å². The topological polar surface area (TPSA) is 76.1 Å². The number of amides is 2. The summed E-state index contributed by atoms with van der Waals surface area (Å²) in [4.78, 5) is 28.0. The fraction of sp³-hybridized carbons (Fsp3) is 0.273. The number of aliphatic hydroxyl groups is 1. The Morgan fingerprint density at radius 2 is 1.83 bits per heavy atom. The highest BCUT2D eigenvalue weighted by Crippen LogP contribution is 2.39. The second-order valence-electron chi connectivity index (χ2n) is 6.98. The van der Waals surface area contributed by atoms with Crippen LogP contribution in [0.1, 0.15) is 22.3 Å². The van der Waals surface area contributed by atoms with Crippen molar-refractivity contribution in [3.05, 3.63) is 63.6 Å². The van der Waals surface area contributed by atoms with Crippen LogP contribution >= 0.6 is 11.8 Å². The van der Waals surface area contributed by atoms with Crippen LogP contribution in [0, 0.1) is 13.8 Å². The van der Waals surface area contributed by atoms with Crippen molar-refractivity contribution in [3.63, 3.8) is 0 Å². The Morgan fingerprint density at radius 1 is 1.03 bits per heavy atom. The largest absolute Gasteiger partial charge is 0.454 e. The number of aliphatic hydroxyl groups excluding tert-OH is 1. The molecule has 0 fully saturated rings. The molecule has 1 N–H and O–H groups in total. The van der Waals surface area contributed by atoms with E-state index >= 15 is 0 Å². The molecule has 29 heavy (non-hydrogen) atoms. The van der Waals surface area contributed by atoms with E-state index in [0.717, 1.165) is 22.3 Å². The summed E-state index contributed by atoms with van der Waals surface area (Å²) in [7, 11) is 0. The Morgan fingerprint density at radius 3 is 2.59 bits per heavy atom. The van der Waals surface area contributed by atoms with Crippen LogP contribution in [-0.4, -0.2) is 41.0 Å². The molecule has 2 aromatic rings. The molecule has 0 aliphatic carbocycles. The van der Waals surface area contributed by atoms with E-state index < -0.39 is 0 Å². The average Bonchev–Trinajstić information content (AvgIpc) is 3.25. The zero-order chi connectivity index (χ0) is 20.5. The van der Waals surface area contributed by atoms with Crippen LogP contribution in [0.5, 0.6) is 11.5 Å². The average molecular weight is 411 g/mol. The van der Waals surface area contributed by atoms with Crippen LogP contribution in [0.15, 0.2) is 41.3 Å². The fourth-order valence-electron chi connectivity index (χ4n) is 3.53. The molecule has 150 valence electrons. The van der Waals surface area contributed by atoms with E-state index in [1.807, 2.05) is 38.1 Å². The quantitative estimate of drug-likeness (QED) is 0.737. The Balaban J connectivity index is 1.68. The van der Waals surface area contributed by atoms with Gasteiger partial charge in [0, 0.05) is 5.75 Å². The van der Waals surface area contributed by atoms with Crippen LogP contribution in [-0.2, 0) is 16.1 Å². The predicted octanol–water partition coefficient (Wildman–Crippen LogP) is 3.04. The number of imide groups is 1. The lowest BCUT2D eigenvalue weighted by Crippen LogP contribution is -2.31. The van der Waals surface area contributed by atoms with Gasteiger partial charge in [0.1, 0.15) is 0 Å². The molecule has 0 atom stereocenters. The number of fused-ring (bicyclic) bond motifs is 1. The van der Waals surface area contributed by atoms with Gasteiger partial charge in [0.2, 0.25) is 6.79 Å². The first-order chi connectivity index (χ1) is 14.0. The van der Waals surface area contributed by atoms with Crippen molar-refractivity contribution in [2.75, 3.05) is 19.2 Å². The molecule has 0 saturated heterocycles. The second-order valence-corrected chi connectivity index (χ2v) is 8.08. The highest BCUT2D eigenvalue weighted by atomic mass is 32.2. The lowest BCUT2D eigenvalue weighted by Gasteiger charge is -2.16. The van der Waals surface area contributed by atoms with Crippen molar-refractivity contribution in [3.8, 4) is 11.5 Å². The van der Waals surface area contributed by atoms with Crippen LogP contribution in [0.4, 0.5) is 0 Å². The van der Waals surface area contributed by atoms with Crippen molar-refractivity contribution in [2.45, 2.75) is 20.4 Å². The molecule has 2 aliphatic rings. The van der Waals surface area contributed by atoms with E-state index in [1.165, 1.54) is 16.7 Å². The van der Waals surface area contributed by atoms with Gasteiger partial charge in [-0.05, 0) is 42.7 Å². The molecule has 4 rings (SSSR count). The highest BCUT2D eigenvalue weighted by molar-refractivity contribution is 8.04. The number of rotatable bonds is 6. The number of benzene rings is 2. The van der Waals surface area contributed by atoms with Crippen LogP contribution in [0.25, 0.3) is 5.57 Å². The van der Waals surface area contributed by atoms with Gasteiger partial charge in [0.25, 0.3) is 11.8 Å². The van der Waals surface area contributed by atoms with Gasteiger partial charge in [0.15, 0.2) is 11.5 Å². The monoisotopic (exact) mass is 411 g/mol. The molecule has 0 radical (unpaired) electrons. The van der Waals surface area contributed by atoms with Crippen LogP contribution < -0.4 is 9.47 Å². The first kappa shape index (κ1) is 19.5. The molecule has 6 nitrogen and oxygen atoms in total. The minimum Gasteiger partial charge on any atom is -0.454 e. The first-order valence-corrected chi connectivity index (χ1v) is 10.3. The number of carbonyl (C=O) groups is 2. The zero-order valence-corrected chi connectivity index (χ0v) is 17.0. The summed E-state index contributed by atoms with van der Waals surface area (Å²) in [6.45, 7) is 4.16. The smallest absolute Gasteiger partial charge is 0.268 e. The summed E-state index contributed by atoms with van der Waals surface area (Å²) in [6, 6.07) is 11.2. The number of ether oxygens (including phenoxy) is 2. The summed E-state index contributed by atoms with van der Waals surface area (Å²) in [5.74, 6) is 0.960. The number of nitrogens with zero attached hydrogens (tertiary/aromatic N) is 1. The molecule has 2 amide bonds. The van der Waals surface area contributed by atoms with Gasteiger partial charge < -0.3 is 14.6 Å². The Labute approximate surface area is 173 Å². The highest BCUT2D eigenvalue weighted by Gasteiger charge is 2.39. The SMILES string of the molecule is Cc1ccc(C2=C(SCCO)C(=O)N(Cc3ccc4c(c3)OCO4)C2=O)c(C)c1. The lowest BCUT2D eigenvalue weighted by molar-refractivity contribution is -0.137. The van der Waals surface area contributed by atoms with E-state index in [0.29, 0.717) is 27.7 Å². The van der Waals surface area contributed by atoms with Gasteiger partial charge >= 0.3 is 0 Å². The maximum Gasteiger partial charge on any atom is 0.268 e. The van der Waals surface area contributed by atoms with Gasteiger partial charge in [-0.25, -0.2) is 0 Å². The number of hydrogen-bond acceptors (Lipinski definition) is 6. The van der Waals surface area contributed by atoms with Crippen LogP contribution in [0.3, 0.4) is 0 Å². The van der Waals surface area contributed by atoms with Crippen molar-refractivity contribution >= 4 is 29.1 Å². The Bertz CT molecular complexity index is 1030. The number of hydrogen-bond donors (Lipinski definition) is 1. The minimum absolute atomic E-state index is 0.0715. The van der Waals surface area contributed by atoms with Crippen molar-refractivity contribution < 1.29 is 24.2 Å². The third kappa shape index (κ3) is 3.63. The second kappa shape index (κ2) is 7.93. The van der Waals surface area contributed by atoms with E-state index in [4.69, 9.17) is 9.47 Å². The standard InChI is InChI=1S/C22H21NO5S/c1-13-3-5-16(14(2)9-13)19-20(29-8-7-24)22(26)23(21(19)25)11-15-4-6-17-18(10-15)28-12-27-17/h3-6,9-10,24H,7-8,11-12H2,1-2H3. The lowest BCUT2D eigenvalue weighted by atomic mass is 9.99. The first-order valence-electron chi connectivity index (χ1n) is 9.30. The Hall–Kier alpha value is -2.77. The number of thioether (sulfide) groups is 1. The summed E-state index contributed by atoms with van der Waals surface area (Å²) in [5.41, 5.74) is 3.97. The molecule has 2 aromatic carbocycles. The normalized spacial score (nSPS) is 15.6. The summed E-state index contributed by atoms with van der Waals surface area (Å²) >= 11 is 1.22. The zero-order valence-electron chi connectivity index (χ0n) is 16.2. The molecular formula is C22H21NO5S. The van der Waals surface area contributed by atoms with E-state index in [1.54, 1.807) is 12.1 Å². The van der Waals surface area contributed by atoms with Gasteiger partial charge in [-0.3, -0.25) is 14.5 Å². The third-order valence-corrected chi connectivity index (χ3v) is 5.95. The van der Waals surface area contributed by atoms with E-state index in [2.05, 4.69) is 0 Å². The molecule has 0 spiro atoms. The summed E-state index contributed by atoms with van der Waals surface area (Å²) in [5, 5.41) is 9.24. The molecule has 0 unspecified atom stereocenters. The Kier molecular flexibility index (Phi) is 5.34. The van der Waals surface area contributed by atoms with E-state index in [-0.39, 0.29) is 31.8 Å². The molecule has 7 heteroatoms. The van der Waals surface area contributed by atoms with Gasteiger partial charge in [-0.1, -0.05) is 29.8 Å². The van der Waals surface area contributed by atoms with Crippen molar-refractivity contribution in [2.24, 2.45) is 0 Å². The molecular weight excluding hydrogens is 390 g/mol. The number of carbonyl (C=O) groups excluding carboxylic acids is 2. The van der Waals surface area contributed by atoms with E-state index in [9.17, 15) is 14.7 Å². The van der Waals surface area contributed by atoms with Crippen molar-refractivity contribution in [1.82, 2.24) is 4.90 Å². The van der Waals surface area contributed by atoms with Crippen LogP contribution in [0.2, 0.25) is 0 Å². The van der Waals surface area contributed by atoms with Crippen molar-refractivity contribution in [1.29, 1.82) is 0 Å². The summed E-state index contributed by atoms with van der Waals surface area (Å²) < 4.78 is 10.7. The summed E-state index contributed by atoms with van der Waals surface area (Å²) in [6.07, 6.45) is 0. The fourth-order valence-corrected chi connectivity index (χ4v) is 4.40. The molecule has 2 heterocycles. The predicted molar refractivity (Wildman–Crippen MR) is 111 cm³/mol. The maximum absolute atomic E-state index is 13.3. The van der Waals surface area contributed by atoms with Gasteiger partial charge in [-0.15, -0.1) is 11.8 Å². The molecule has 0 bridgehead atoms. The maximum atomic E-state index is 13.3. The third-order valence-electron chi connectivity index (χ3n) is 4.89. The van der Waals surface area contributed by atoms with Gasteiger partial charge in [-0.2, -0.15) is 0 Å². The number of aryl methyl sites for hydroxylation is 2. The molecule has 2 aliphatic heterocycles. The molecule has 0 aromatic heterocycles.